The monoisotopic (exact) mass is 922 g/mol. The molecule has 2 aromatic heterocycles. The molecule has 2 aliphatic rings. The van der Waals surface area contributed by atoms with Crippen LogP contribution in [0, 0.1) is 13.8 Å². The van der Waals surface area contributed by atoms with E-state index >= 15 is 0 Å². The summed E-state index contributed by atoms with van der Waals surface area (Å²) in [6, 6.07) is 39.4. The standard InChI is InChI=1S/C52H54N6O6S2/c1-39-37-65-49(53-39)51(25-29-55(30-26-51)33-41-15-7-3-8-16-41)57(43-19-11-5-12-20-43)45(59)35-63-47(61)23-24-48(62)64-36-46(60)58(44-21-13-6-14-22-44)52(50-54-40(2)38-66-50)27-31-56(32-28-52)34-42-17-9-4-10-18-42/h3-24,37-38H,25-36H2,1-2H3/b24-23+. The molecule has 0 N–H and O–H groups in total. The fraction of sp³-hybridized carbons (Fsp3) is 0.308. The SMILES string of the molecule is Cc1csc(C2(N(C(=O)COC(=O)/C=C/C(=O)OCC(=O)N(c3ccccc3)C3(c4nc(C)cs4)CCN(Cc4ccccc4)CC3)c3ccccc3)CCN(Cc3ccccc3)CC2)n1. The summed E-state index contributed by atoms with van der Waals surface area (Å²) >= 11 is 3.05. The molecule has 12 nitrogen and oxygen atoms in total. The van der Waals surface area contributed by atoms with Crippen molar-refractivity contribution in [2.24, 2.45) is 0 Å². The smallest absolute Gasteiger partial charge is 0.331 e. The molecule has 66 heavy (non-hydrogen) atoms. The molecule has 4 heterocycles. The highest BCUT2D eigenvalue weighted by atomic mass is 32.1. The summed E-state index contributed by atoms with van der Waals surface area (Å²) in [6.07, 6.45) is 4.31. The Kier molecular flexibility index (Phi) is 14.9. The fourth-order valence-electron chi connectivity index (χ4n) is 9.09. The van der Waals surface area contributed by atoms with Gasteiger partial charge in [0.25, 0.3) is 11.8 Å². The molecule has 0 atom stereocenters. The number of aromatic nitrogens is 2. The Bertz CT molecular complexity index is 2410. The minimum absolute atomic E-state index is 0.420. The van der Waals surface area contributed by atoms with Crippen LogP contribution in [0.2, 0.25) is 0 Å². The minimum atomic E-state index is -0.900. The highest BCUT2D eigenvalue weighted by Gasteiger charge is 2.48. The number of likely N-dealkylation sites (tertiary alicyclic amines) is 2. The summed E-state index contributed by atoms with van der Waals surface area (Å²) in [5, 5.41) is 5.64. The van der Waals surface area contributed by atoms with Gasteiger partial charge in [0.1, 0.15) is 21.1 Å². The van der Waals surface area contributed by atoms with E-state index in [1.807, 2.05) is 122 Å². The summed E-state index contributed by atoms with van der Waals surface area (Å²) in [7, 11) is 0. The van der Waals surface area contributed by atoms with Crippen LogP contribution in [0.4, 0.5) is 11.4 Å². The first-order chi connectivity index (χ1) is 32.1. The van der Waals surface area contributed by atoms with E-state index in [0.29, 0.717) is 37.1 Å². The first kappa shape index (κ1) is 46.2. The van der Waals surface area contributed by atoms with Crippen LogP contribution in [-0.4, -0.2) is 82.9 Å². The molecule has 0 bridgehead atoms. The Hall–Kier alpha value is -6.32. The molecule has 2 saturated heterocycles. The molecule has 4 aromatic carbocycles. The number of para-hydroxylation sites is 2. The number of piperidine rings is 2. The van der Waals surface area contributed by atoms with Crippen LogP contribution in [-0.2, 0) is 52.8 Å². The van der Waals surface area contributed by atoms with Gasteiger partial charge in [-0.2, -0.15) is 0 Å². The number of ether oxygens (including phenoxy) is 2. The number of hydrogen-bond donors (Lipinski definition) is 0. The van der Waals surface area contributed by atoms with Crippen molar-refractivity contribution < 1.29 is 28.7 Å². The van der Waals surface area contributed by atoms with Gasteiger partial charge >= 0.3 is 11.9 Å². The lowest BCUT2D eigenvalue weighted by atomic mass is 9.85. The average molecular weight is 923 g/mol. The molecule has 0 unspecified atom stereocenters. The van der Waals surface area contributed by atoms with Gasteiger partial charge in [-0.05, 0) is 74.9 Å². The Morgan fingerprint density at radius 3 is 1.20 bits per heavy atom. The van der Waals surface area contributed by atoms with E-state index in [9.17, 15) is 19.2 Å². The summed E-state index contributed by atoms with van der Waals surface area (Å²) in [5.74, 6) is -2.64. The van der Waals surface area contributed by atoms with E-state index in [1.54, 1.807) is 9.80 Å². The van der Waals surface area contributed by atoms with Crippen molar-refractivity contribution in [1.82, 2.24) is 19.8 Å². The molecule has 6 aromatic rings. The summed E-state index contributed by atoms with van der Waals surface area (Å²) in [5.41, 5.74) is 3.94. The van der Waals surface area contributed by atoms with Crippen LogP contribution >= 0.6 is 22.7 Å². The zero-order chi connectivity index (χ0) is 45.9. The third kappa shape index (κ3) is 10.9. The summed E-state index contributed by atoms with van der Waals surface area (Å²) < 4.78 is 11.0. The Morgan fingerprint density at radius 1 is 0.545 bits per heavy atom. The third-order valence-electron chi connectivity index (χ3n) is 12.3. The lowest BCUT2D eigenvalue weighted by Gasteiger charge is -2.47. The number of carbonyl (C=O) groups is 4. The number of aryl methyl sites for hydroxylation is 2. The van der Waals surface area contributed by atoms with Gasteiger partial charge in [-0.15, -0.1) is 22.7 Å². The van der Waals surface area contributed by atoms with Crippen LogP contribution < -0.4 is 9.80 Å². The van der Waals surface area contributed by atoms with Gasteiger partial charge in [0, 0.05) is 84.9 Å². The normalized spacial score (nSPS) is 16.1. The predicted octanol–water partition coefficient (Wildman–Crippen LogP) is 8.61. The second-order valence-corrected chi connectivity index (χ2v) is 18.6. The lowest BCUT2D eigenvalue weighted by molar-refractivity contribution is -0.145. The maximum Gasteiger partial charge on any atom is 0.331 e. The number of carbonyl (C=O) groups excluding carboxylic acids is 4. The van der Waals surface area contributed by atoms with Crippen molar-refractivity contribution in [3.63, 3.8) is 0 Å². The second-order valence-electron chi connectivity index (χ2n) is 16.9. The molecule has 8 rings (SSSR count). The zero-order valence-electron chi connectivity index (χ0n) is 37.3. The molecular formula is C52H54N6O6S2. The first-order valence-corrected chi connectivity index (χ1v) is 24.0. The number of anilines is 2. The Balaban J connectivity index is 0.932. The zero-order valence-corrected chi connectivity index (χ0v) is 38.9. The third-order valence-corrected chi connectivity index (χ3v) is 14.6. The van der Waals surface area contributed by atoms with Gasteiger partial charge in [0.05, 0.1) is 0 Å². The molecule has 0 spiro atoms. The van der Waals surface area contributed by atoms with E-state index in [4.69, 9.17) is 19.4 Å². The van der Waals surface area contributed by atoms with Crippen LogP contribution in [0.1, 0.15) is 58.2 Å². The van der Waals surface area contributed by atoms with Crippen LogP contribution in [0.15, 0.2) is 144 Å². The van der Waals surface area contributed by atoms with E-state index in [2.05, 4.69) is 34.1 Å². The Labute approximate surface area is 394 Å². The molecular weight excluding hydrogens is 869 g/mol. The maximum absolute atomic E-state index is 14.4. The topological polar surface area (TPSA) is 125 Å². The Morgan fingerprint density at radius 2 is 0.879 bits per heavy atom. The molecule has 340 valence electrons. The van der Waals surface area contributed by atoms with Crippen molar-refractivity contribution in [2.45, 2.75) is 63.7 Å². The van der Waals surface area contributed by atoms with Gasteiger partial charge < -0.3 is 9.47 Å². The van der Waals surface area contributed by atoms with Crippen molar-refractivity contribution in [2.75, 3.05) is 49.2 Å². The molecule has 0 aliphatic carbocycles. The quantitative estimate of drug-likeness (QED) is 0.0689. The number of hydrogen-bond acceptors (Lipinski definition) is 12. The van der Waals surface area contributed by atoms with Crippen molar-refractivity contribution in [3.05, 3.63) is 177 Å². The summed E-state index contributed by atoms with van der Waals surface area (Å²) in [4.78, 5) is 73.2. The number of rotatable bonds is 16. The lowest BCUT2D eigenvalue weighted by Crippen LogP contribution is -2.56. The molecule has 2 amide bonds. The van der Waals surface area contributed by atoms with Gasteiger partial charge in [0.2, 0.25) is 0 Å². The molecule has 2 aliphatic heterocycles. The first-order valence-electron chi connectivity index (χ1n) is 22.3. The van der Waals surface area contributed by atoms with Gasteiger partial charge in [-0.25, -0.2) is 19.6 Å². The summed E-state index contributed by atoms with van der Waals surface area (Å²) in [6.45, 7) is 7.21. The molecule has 14 heteroatoms. The van der Waals surface area contributed by atoms with E-state index in [-0.39, 0.29) is 0 Å². The predicted molar refractivity (Wildman–Crippen MR) is 258 cm³/mol. The highest BCUT2D eigenvalue weighted by Crippen LogP contribution is 2.45. The van der Waals surface area contributed by atoms with E-state index in [0.717, 1.165) is 72.8 Å². The van der Waals surface area contributed by atoms with Crippen LogP contribution in [0.25, 0.3) is 0 Å². The van der Waals surface area contributed by atoms with Crippen LogP contribution in [0.5, 0.6) is 0 Å². The van der Waals surface area contributed by atoms with Crippen molar-refractivity contribution >= 4 is 57.8 Å². The number of esters is 2. The number of benzene rings is 4. The highest BCUT2D eigenvalue weighted by molar-refractivity contribution is 7.10. The fourth-order valence-corrected chi connectivity index (χ4v) is 11.2. The van der Waals surface area contributed by atoms with E-state index in [1.165, 1.54) is 33.8 Å². The van der Waals surface area contributed by atoms with Gasteiger partial charge in [0.15, 0.2) is 13.2 Å². The molecule has 0 radical (unpaired) electrons. The van der Waals surface area contributed by atoms with Crippen LogP contribution in [0.3, 0.4) is 0 Å². The average Bonchev–Trinajstić information content (AvgIpc) is 4.00. The molecule has 2 fully saturated rings. The van der Waals surface area contributed by atoms with Crippen molar-refractivity contribution in [1.29, 1.82) is 0 Å². The second kappa shape index (κ2) is 21.3. The minimum Gasteiger partial charge on any atom is -0.452 e. The van der Waals surface area contributed by atoms with Crippen molar-refractivity contribution in [3.8, 4) is 0 Å². The van der Waals surface area contributed by atoms with E-state index < -0.39 is 48.0 Å². The van der Waals surface area contributed by atoms with Gasteiger partial charge in [-0.1, -0.05) is 97.1 Å². The maximum atomic E-state index is 14.4. The largest absolute Gasteiger partial charge is 0.452 e. The van der Waals surface area contributed by atoms with Gasteiger partial charge in [-0.3, -0.25) is 29.2 Å². The number of thiazole rings is 2. The molecule has 0 saturated carbocycles. The number of nitrogens with zero attached hydrogens (tertiary/aromatic N) is 6. The number of amides is 2.